The minimum absolute atomic E-state index is 0.102. The van der Waals surface area contributed by atoms with Crippen molar-refractivity contribution < 1.29 is 3.07 Å². The predicted octanol–water partition coefficient (Wildman–Crippen LogP) is 6.07. The molecule has 0 bridgehead atoms. The van der Waals surface area contributed by atoms with E-state index in [0.29, 0.717) is 0 Å². The number of unbranched alkanes of at least 4 members (excludes halogenated alkanes) is 3. The van der Waals surface area contributed by atoms with Crippen molar-refractivity contribution in [2.75, 3.05) is 6.61 Å². The number of hydrogen-bond acceptors (Lipinski definition) is 1. The van der Waals surface area contributed by atoms with Crippen LogP contribution in [0, 0.1) is 0 Å². The van der Waals surface area contributed by atoms with Crippen LogP contribution in [-0.2, 0) is 8.49 Å². The molecule has 0 spiro atoms. The Balaban J connectivity index is 1.98. The second-order valence-electron chi connectivity index (χ2n) is 7.02. The molecular formula is C25H27OSn. The van der Waals surface area contributed by atoms with Crippen molar-refractivity contribution in [1.29, 1.82) is 0 Å². The van der Waals surface area contributed by atoms with Crippen LogP contribution in [0.4, 0.5) is 0 Å². The molecule has 0 aliphatic heterocycles. The van der Waals surface area contributed by atoms with Crippen LogP contribution in [0.15, 0.2) is 91.0 Å². The van der Waals surface area contributed by atoms with Gasteiger partial charge in [0, 0.05) is 0 Å². The van der Waals surface area contributed by atoms with E-state index in [0.717, 1.165) is 13.0 Å². The van der Waals surface area contributed by atoms with Gasteiger partial charge in [-0.2, -0.15) is 0 Å². The number of benzene rings is 3. The van der Waals surface area contributed by atoms with Crippen molar-refractivity contribution in [3.8, 4) is 0 Å². The molecule has 0 heterocycles. The van der Waals surface area contributed by atoms with Crippen LogP contribution in [0.1, 0.15) is 48.8 Å². The van der Waals surface area contributed by atoms with Gasteiger partial charge in [-0.3, -0.25) is 0 Å². The van der Waals surface area contributed by atoms with Crippen LogP contribution in [0.25, 0.3) is 0 Å². The molecule has 3 rings (SSSR count). The summed E-state index contributed by atoms with van der Waals surface area (Å²) >= 11 is 1.18. The van der Waals surface area contributed by atoms with Crippen molar-refractivity contribution in [2.45, 2.75) is 37.5 Å². The van der Waals surface area contributed by atoms with Gasteiger partial charge >= 0.3 is 178 Å². The van der Waals surface area contributed by atoms with Crippen molar-refractivity contribution >= 4 is 22.9 Å². The third kappa shape index (κ3) is 5.03. The molecule has 3 aromatic carbocycles. The van der Waals surface area contributed by atoms with Gasteiger partial charge in [-0.15, -0.1) is 0 Å². The van der Waals surface area contributed by atoms with Crippen LogP contribution in [-0.4, -0.2) is 29.5 Å². The van der Waals surface area contributed by atoms with E-state index in [2.05, 4.69) is 91.0 Å². The molecule has 3 radical (unpaired) electrons. The maximum absolute atomic E-state index is 5.29. The van der Waals surface area contributed by atoms with Crippen LogP contribution in [0.3, 0.4) is 0 Å². The first-order valence-electron chi connectivity index (χ1n) is 9.83. The monoisotopic (exact) mass is 463 g/mol. The quantitative estimate of drug-likeness (QED) is 0.202. The van der Waals surface area contributed by atoms with E-state index in [1.54, 1.807) is 0 Å². The van der Waals surface area contributed by atoms with E-state index in [1.165, 1.54) is 65.3 Å². The van der Waals surface area contributed by atoms with Gasteiger partial charge in [0.2, 0.25) is 0 Å². The standard InChI is InChI=1S/C25H27O.Sn/c26-21-13-2-1-12-20-25(22-14-6-3-7-15-22,23-16-8-4-9-17-23)24-18-10-5-11-19-24;/h3-11,14-19H,1-2,12-13,20-21H2;/q-1;+1. The molecule has 0 N–H and O–H groups in total. The fourth-order valence-corrected chi connectivity index (χ4v) is 4.43. The van der Waals surface area contributed by atoms with Crippen molar-refractivity contribution in [3.05, 3.63) is 108 Å². The zero-order chi connectivity index (χ0) is 18.8. The van der Waals surface area contributed by atoms with E-state index in [4.69, 9.17) is 3.07 Å². The van der Waals surface area contributed by atoms with E-state index in [9.17, 15) is 0 Å². The first-order valence-corrected chi connectivity index (χ1v) is 11.0. The fourth-order valence-electron chi connectivity index (χ4n) is 4.02. The summed E-state index contributed by atoms with van der Waals surface area (Å²) in [4.78, 5) is 0. The third-order valence-corrected chi connectivity index (χ3v) is 5.93. The molecule has 0 unspecified atom stereocenters. The molecule has 2 heteroatoms. The molecule has 0 atom stereocenters. The van der Waals surface area contributed by atoms with Crippen LogP contribution >= 0.6 is 0 Å². The first kappa shape index (κ1) is 20.2. The van der Waals surface area contributed by atoms with Gasteiger partial charge in [-0.25, -0.2) is 0 Å². The summed E-state index contributed by atoms with van der Waals surface area (Å²) in [6.45, 7) is 0.902. The summed E-state index contributed by atoms with van der Waals surface area (Å²) in [5.74, 6) is 0. The summed E-state index contributed by atoms with van der Waals surface area (Å²) in [6, 6.07) is 33.0. The SMILES string of the molecule is [Sn][O]CCCCCCC(c1ccccc1)(c1ccccc1)c1ccccc1. The number of rotatable bonds is 10. The van der Waals surface area contributed by atoms with E-state index in [-0.39, 0.29) is 5.41 Å². The van der Waals surface area contributed by atoms with Gasteiger partial charge in [0.25, 0.3) is 0 Å². The second-order valence-corrected chi connectivity index (χ2v) is 7.84. The zero-order valence-electron chi connectivity index (χ0n) is 15.8. The third-order valence-electron chi connectivity index (χ3n) is 5.35. The molecule has 0 saturated heterocycles. The van der Waals surface area contributed by atoms with E-state index >= 15 is 0 Å². The Morgan fingerprint density at radius 2 is 0.963 bits per heavy atom. The average molecular weight is 462 g/mol. The minimum atomic E-state index is -0.102. The molecule has 0 amide bonds. The molecule has 0 aromatic heterocycles. The topological polar surface area (TPSA) is 9.23 Å². The second kappa shape index (κ2) is 10.7. The van der Waals surface area contributed by atoms with Gasteiger partial charge in [0.05, 0.1) is 0 Å². The normalized spacial score (nSPS) is 11.4. The molecule has 0 aliphatic carbocycles. The molecule has 0 fully saturated rings. The average Bonchev–Trinajstić information content (AvgIpc) is 2.75. The van der Waals surface area contributed by atoms with E-state index < -0.39 is 0 Å². The van der Waals surface area contributed by atoms with Crippen molar-refractivity contribution in [2.24, 2.45) is 0 Å². The summed E-state index contributed by atoms with van der Waals surface area (Å²) in [5.41, 5.74) is 4.03. The molecule has 27 heavy (non-hydrogen) atoms. The van der Waals surface area contributed by atoms with Crippen molar-refractivity contribution in [1.82, 2.24) is 0 Å². The Morgan fingerprint density at radius 3 is 1.37 bits per heavy atom. The summed E-state index contributed by atoms with van der Waals surface area (Å²) in [5, 5.41) is 0. The predicted molar refractivity (Wildman–Crippen MR) is 114 cm³/mol. The number of hydrogen-bond donors (Lipinski definition) is 0. The van der Waals surface area contributed by atoms with Crippen LogP contribution in [0.5, 0.6) is 0 Å². The molecule has 1 nitrogen and oxygen atoms in total. The Hall–Kier alpha value is -1.58. The summed E-state index contributed by atoms with van der Waals surface area (Å²) in [7, 11) is 0. The van der Waals surface area contributed by atoms with Crippen LogP contribution in [0.2, 0.25) is 0 Å². The molecular weight excluding hydrogens is 435 g/mol. The summed E-state index contributed by atoms with van der Waals surface area (Å²) < 4.78 is 5.29. The Bertz CT molecular complexity index is 675. The maximum atomic E-state index is 5.29. The van der Waals surface area contributed by atoms with Gasteiger partial charge in [0.15, 0.2) is 0 Å². The summed E-state index contributed by atoms with van der Waals surface area (Å²) in [6.07, 6.45) is 5.97. The van der Waals surface area contributed by atoms with Gasteiger partial charge in [-0.1, -0.05) is 0 Å². The van der Waals surface area contributed by atoms with E-state index in [1.807, 2.05) is 0 Å². The Morgan fingerprint density at radius 1 is 0.556 bits per heavy atom. The zero-order valence-corrected chi connectivity index (χ0v) is 18.7. The van der Waals surface area contributed by atoms with Gasteiger partial charge in [-0.05, 0) is 0 Å². The van der Waals surface area contributed by atoms with Crippen LogP contribution < -0.4 is 0 Å². The first-order chi connectivity index (χ1) is 13.4. The van der Waals surface area contributed by atoms with Crippen molar-refractivity contribution in [3.63, 3.8) is 0 Å². The fraction of sp³-hybridized carbons (Fsp3) is 0.280. The van der Waals surface area contributed by atoms with Gasteiger partial charge in [0.1, 0.15) is 0 Å². The molecule has 0 saturated carbocycles. The Kier molecular flexibility index (Phi) is 7.97. The molecule has 3 aromatic rings. The Labute approximate surface area is 177 Å². The molecule has 0 aliphatic rings. The van der Waals surface area contributed by atoms with Gasteiger partial charge < -0.3 is 0 Å². The molecule has 137 valence electrons.